The van der Waals surface area contributed by atoms with Crippen molar-refractivity contribution < 1.29 is 29.1 Å². The monoisotopic (exact) mass is 353 g/mol. The predicted octanol–water partition coefficient (Wildman–Crippen LogP) is 2.08. The second kappa shape index (κ2) is 7.91. The zero-order valence-corrected chi connectivity index (χ0v) is 14.1. The maximum Gasteiger partial charge on any atom is 0.377 e. The molecule has 1 aliphatic heterocycles. The van der Waals surface area contributed by atoms with Gasteiger partial charge in [0.1, 0.15) is 5.75 Å². The molecule has 0 atom stereocenters. The normalized spacial score (nSPS) is 11.8. The van der Waals surface area contributed by atoms with Crippen LogP contribution in [0.5, 0.6) is 17.2 Å². The summed E-state index contributed by atoms with van der Waals surface area (Å²) in [5.74, 6) is 0.724. The molecule has 1 N–H and O–H groups in total. The third-order valence-electron chi connectivity index (χ3n) is 3.95. The number of benzene rings is 2. The molecule has 0 aliphatic carbocycles. The Kier molecular flexibility index (Phi) is 5.41. The highest BCUT2D eigenvalue weighted by molar-refractivity contribution is 6.71. The zero-order chi connectivity index (χ0) is 18.5. The van der Waals surface area contributed by atoms with E-state index in [1.165, 1.54) is 6.07 Å². The highest BCUT2D eigenvalue weighted by atomic mass is 17.1. The van der Waals surface area contributed by atoms with E-state index < -0.39 is 5.97 Å². The van der Waals surface area contributed by atoms with Crippen LogP contribution in [0.3, 0.4) is 0 Å². The minimum atomic E-state index is -0.503. The molecule has 7 nitrogen and oxygen atoms in total. The lowest BCUT2D eigenvalue weighted by atomic mass is 9.46. The van der Waals surface area contributed by atoms with Crippen molar-refractivity contribution in [1.82, 2.24) is 0 Å². The quantitative estimate of drug-likeness (QED) is 0.352. The molecule has 2 aromatic rings. The molecule has 8 heteroatoms. The molecular formula is C18H16BNO6. The molecular weight excluding hydrogens is 337 g/mol. The van der Waals surface area contributed by atoms with Gasteiger partial charge in [0.2, 0.25) is 0 Å². The van der Waals surface area contributed by atoms with Gasteiger partial charge < -0.3 is 19.0 Å². The second-order valence-corrected chi connectivity index (χ2v) is 5.63. The summed E-state index contributed by atoms with van der Waals surface area (Å²) in [6.45, 7) is 1.40. The van der Waals surface area contributed by atoms with Crippen LogP contribution in [-0.2, 0) is 20.7 Å². The Labute approximate surface area is 150 Å². The van der Waals surface area contributed by atoms with Crippen molar-refractivity contribution in [3.8, 4) is 23.3 Å². The van der Waals surface area contributed by atoms with Crippen molar-refractivity contribution >= 4 is 18.3 Å². The fraction of sp³-hybridized carbons (Fsp3) is 0.222. The Bertz CT molecular complexity index is 863. The highest BCUT2D eigenvalue weighted by Crippen LogP contribution is 2.33. The molecule has 0 fully saturated rings. The number of esters is 1. The van der Waals surface area contributed by atoms with Crippen LogP contribution in [0, 0.1) is 11.3 Å². The first kappa shape index (κ1) is 17.8. The number of hydrogen-bond donors (Lipinski definition) is 1. The summed E-state index contributed by atoms with van der Waals surface area (Å²) in [7, 11) is 0. The Morgan fingerprint density at radius 1 is 1.27 bits per heavy atom. The average molecular weight is 353 g/mol. The van der Waals surface area contributed by atoms with Crippen LogP contribution < -0.4 is 14.9 Å². The molecule has 1 aliphatic rings. The predicted molar refractivity (Wildman–Crippen MR) is 92.6 cm³/mol. The Balaban J connectivity index is 1.77. The Hall–Kier alpha value is -3.02. The number of hydrogen-bond acceptors (Lipinski definition) is 7. The minimum absolute atomic E-state index is 0.261. The lowest BCUT2D eigenvalue weighted by Gasteiger charge is -2.24. The van der Waals surface area contributed by atoms with Gasteiger partial charge in [0, 0.05) is 6.07 Å². The van der Waals surface area contributed by atoms with Gasteiger partial charge in [-0.1, -0.05) is 11.6 Å². The molecule has 26 heavy (non-hydrogen) atoms. The number of nitriles is 1. The molecule has 2 aromatic carbocycles. The van der Waals surface area contributed by atoms with Gasteiger partial charge in [-0.25, -0.2) is 4.79 Å². The van der Waals surface area contributed by atoms with Crippen LogP contribution in [0.25, 0.3) is 0 Å². The third kappa shape index (κ3) is 3.80. The fourth-order valence-corrected chi connectivity index (χ4v) is 2.65. The molecule has 0 saturated carbocycles. The number of carbonyl (C=O) groups is 1. The van der Waals surface area contributed by atoms with E-state index >= 15 is 0 Å². The molecule has 3 rings (SSSR count). The van der Waals surface area contributed by atoms with Crippen molar-refractivity contribution in [3.05, 3.63) is 47.5 Å². The first-order valence-corrected chi connectivity index (χ1v) is 8.08. The van der Waals surface area contributed by atoms with E-state index in [-0.39, 0.29) is 25.9 Å². The first-order valence-electron chi connectivity index (χ1n) is 8.08. The van der Waals surface area contributed by atoms with Crippen molar-refractivity contribution in [1.29, 1.82) is 5.26 Å². The van der Waals surface area contributed by atoms with Crippen molar-refractivity contribution in [2.24, 2.45) is 0 Å². The standard InChI is InChI=1S/C18H16BNO6/c1-2-23-18(21)11-24-17-7-12(10-20)3-6-16(17)25-14-4-5-15-13(8-14)9-19(15)26-22/h3-8,22H,2,9,11H2,1H3. The molecule has 0 unspecified atom stereocenters. The van der Waals surface area contributed by atoms with Crippen molar-refractivity contribution in [3.63, 3.8) is 0 Å². The molecule has 0 aromatic heterocycles. The van der Waals surface area contributed by atoms with Gasteiger partial charge in [0.05, 0.1) is 18.2 Å². The smallest absolute Gasteiger partial charge is 0.377 e. The van der Waals surface area contributed by atoms with Gasteiger partial charge in [-0.3, -0.25) is 5.26 Å². The van der Waals surface area contributed by atoms with Crippen molar-refractivity contribution in [2.75, 3.05) is 13.2 Å². The number of fused-ring (bicyclic) bond motifs is 1. The summed E-state index contributed by atoms with van der Waals surface area (Å²) in [6, 6.07) is 12.1. The van der Waals surface area contributed by atoms with Crippen LogP contribution in [0.4, 0.5) is 0 Å². The number of rotatable bonds is 7. The summed E-state index contributed by atoms with van der Waals surface area (Å²) >= 11 is 0. The van der Waals surface area contributed by atoms with E-state index in [0.29, 0.717) is 23.4 Å². The lowest BCUT2D eigenvalue weighted by molar-refractivity contribution is -0.145. The van der Waals surface area contributed by atoms with E-state index in [9.17, 15) is 4.79 Å². The molecule has 1 heterocycles. The third-order valence-corrected chi connectivity index (χ3v) is 3.95. The van der Waals surface area contributed by atoms with Gasteiger partial charge >= 0.3 is 12.9 Å². The summed E-state index contributed by atoms with van der Waals surface area (Å²) < 4.78 is 16.1. The fourth-order valence-electron chi connectivity index (χ4n) is 2.65. The van der Waals surface area contributed by atoms with Gasteiger partial charge in [0.15, 0.2) is 18.1 Å². The SMILES string of the molecule is CCOC(=O)COc1cc(C#N)ccc1Oc1ccc2c(c1)CB2OO. The first-order chi connectivity index (χ1) is 12.6. The van der Waals surface area contributed by atoms with Crippen LogP contribution >= 0.6 is 0 Å². The van der Waals surface area contributed by atoms with E-state index in [4.69, 9.17) is 24.7 Å². The van der Waals surface area contributed by atoms with E-state index in [1.54, 1.807) is 25.1 Å². The van der Waals surface area contributed by atoms with Crippen LogP contribution in [0.15, 0.2) is 36.4 Å². The number of nitrogens with zero attached hydrogens (tertiary/aromatic N) is 1. The summed E-state index contributed by atoms with van der Waals surface area (Å²) in [5.41, 5.74) is 2.32. The maximum absolute atomic E-state index is 11.5. The molecule has 132 valence electrons. The molecule has 0 spiro atoms. The van der Waals surface area contributed by atoms with E-state index in [0.717, 1.165) is 11.0 Å². The molecule has 0 saturated heterocycles. The Morgan fingerprint density at radius 3 is 2.81 bits per heavy atom. The van der Waals surface area contributed by atoms with Gasteiger partial charge in [-0.15, -0.1) is 0 Å². The molecule has 0 amide bonds. The van der Waals surface area contributed by atoms with Gasteiger partial charge in [0.25, 0.3) is 0 Å². The van der Waals surface area contributed by atoms with Crippen molar-refractivity contribution in [2.45, 2.75) is 13.2 Å². The van der Waals surface area contributed by atoms with E-state index in [1.807, 2.05) is 18.2 Å². The van der Waals surface area contributed by atoms with Gasteiger partial charge in [-0.2, -0.15) is 5.26 Å². The Morgan fingerprint density at radius 2 is 2.12 bits per heavy atom. The lowest BCUT2D eigenvalue weighted by Crippen LogP contribution is -2.47. The maximum atomic E-state index is 11.5. The van der Waals surface area contributed by atoms with Crippen LogP contribution in [0.2, 0.25) is 0 Å². The molecule has 0 radical (unpaired) electrons. The number of carbonyl (C=O) groups excluding carboxylic acids is 1. The minimum Gasteiger partial charge on any atom is -0.478 e. The van der Waals surface area contributed by atoms with E-state index in [2.05, 4.69) is 4.81 Å². The topological polar surface area (TPSA) is 98.0 Å². The molecule has 0 bridgehead atoms. The zero-order valence-electron chi connectivity index (χ0n) is 14.1. The highest BCUT2D eigenvalue weighted by Gasteiger charge is 2.33. The average Bonchev–Trinajstić information content (AvgIpc) is 2.63. The van der Waals surface area contributed by atoms with Crippen LogP contribution in [-0.4, -0.2) is 31.4 Å². The van der Waals surface area contributed by atoms with Gasteiger partial charge in [-0.05, 0) is 43.0 Å². The largest absolute Gasteiger partial charge is 0.478 e. The number of ether oxygens (including phenoxy) is 3. The summed E-state index contributed by atoms with van der Waals surface area (Å²) in [5, 5.41) is 17.8. The summed E-state index contributed by atoms with van der Waals surface area (Å²) in [6.07, 6.45) is 0.600. The summed E-state index contributed by atoms with van der Waals surface area (Å²) in [4.78, 5) is 15.9. The second-order valence-electron chi connectivity index (χ2n) is 5.63. The van der Waals surface area contributed by atoms with Crippen LogP contribution in [0.1, 0.15) is 18.1 Å².